The van der Waals surface area contributed by atoms with Crippen molar-refractivity contribution in [2.24, 2.45) is 0 Å². The largest absolute Gasteiger partial charge is 0.370 e. The number of nitrogens with one attached hydrogen (secondary N) is 2. The Morgan fingerprint density at radius 1 is 1.24 bits per heavy atom. The van der Waals surface area contributed by atoms with Crippen LogP contribution in [0, 0.1) is 6.92 Å². The van der Waals surface area contributed by atoms with E-state index < -0.39 is 0 Å². The number of hydrogen-bond donors (Lipinski definition) is 2. The monoisotopic (exact) mass is 342 g/mol. The van der Waals surface area contributed by atoms with Gasteiger partial charge in [0, 0.05) is 24.5 Å². The molecule has 2 aromatic heterocycles. The first-order chi connectivity index (χ1) is 11.8. The van der Waals surface area contributed by atoms with E-state index >= 15 is 0 Å². The summed E-state index contributed by atoms with van der Waals surface area (Å²) in [7, 11) is 0. The van der Waals surface area contributed by atoms with Gasteiger partial charge in [-0.1, -0.05) is 11.6 Å². The molecule has 6 heteroatoms. The minimum atomic E-state index is -0.0495. The lowest BCUT2D eigenvalue weighted by atomic mass is 10.1. The molecule has 0 amide bonds. The molecule has 0 bridgehead atoms. The fraction of sp³-hybridized carbons (Fsp3) is 0.526. The van der Waals surface area contributed by atoms with Crippen LogP contribution >= 0.6 is 0 Å². The first-order valence-electron chi connectivity index (χ1n) is 8.79. The molecule has 136 valence electrons. The highest BCUT2D eigenvalue weighted by molar-refractivity contribution is 5.54. The smallest absolute Gasteiger partial charge is 0.229 e. The van der Waals surface area contributed by atoms with Gasteiger partial charge in [-0.25, -0.2) is 4.98 Å². The first kappa shape index (κ1) is 19.0. The van der Waals surface area contributed by atoms with Crippen molar-refractivity contribution in [1.29, 1.82) is 0 Å². The van der Waals surface area contributed by atoms with Crippen LogP contribution in [0.25, 0.3) is 0 Å². The Labute approximate surface area is 150 Å². The maximum absolute atomic E-state index is 4.59. The van der Waals surface area contributed by atoms with Crippen molar-refractivity contribution < 1.29 is 0 Å². The van der Waals surface area contributed by atoms with Crippen LogP contribution in [0.15, 0.2) is 30.2 Å². The van der Waals surface area contributed by atoms with Gasteiger partial charge in [0.15, 0.2) is 0 Å². The first-order valence-corrected chi connectivity index (χ1v) is 8.79. The summed E-state index contributed by atoms with van der Waals surface area (Å²) < 4.78 is 1.92. The van der Waals surface area contributed by atoms with Crippen LogP contribution < -0.4 is 10.6 Å². The fourth-order valence-electron chi connectivity index (χ4n) is 2.26. The van der Waals surface area contributed by atoms with E-state index in [1.807, 2.05) is 24.0 Å². The van der Waals surface area contributed by atoms with Crippen molar-refractivity contribution in [3.05, 3.63) is 35.8 Å². The zero-order valence-corrected chi connectivity index (χ0v) is 16.2. The second-order valence-electron chi connectivity index (χ2n) is 7.55. The molecule has 2 rings (SSSR count). The molecule has 0 saturated carbocycles. The summed E-state index contributed by atoms with van der Waals surface area (Å²) in [5, 5.41) is 11.0. The van der Waals surface area contributed by atoms with Gasteiger partial charge >= 0.3 is 0 Å². The Bertz CT molecular complexity index is 720. The standard InChI is InChI=1S/C19H30N6/c1-14(2)9-7-8-10-20-17-15(3)11-21-18(24-17)23-16-12-22-25(13-16)19(4,5)6/h9,11-13H,7-8,10H2,1-6H3,(H2,20,21,23,24). The van der Waals surface area contributed by atoms with Crippen LogP contribution in [-0.4, -0.2) is 26.3 Å². The Kier molecular flexibility index (Phi) is 6.17. The van der Waals surface area contributed by atoms with Crippen LogP contribution in [0.2, 0.25) is 0 Å². The van der Waals surface area contributed by atoms with Crippen LogP contribution in [0.3, 0.4) is 0 Å². The molecule has 0 spiro atoms. The van der Waals surface area contributed by atoms with Crippen molar-refractivity contribution in [2.45, 2.75) is 59.9 Å². The van der Waals surface area contributed by atoms with E-state index in [0.717, 1.165) is 36.5 Å². The Hall–Kier alpha value is -2.37. The maximum Gasteiger partial charge on any atom is 0.229 e. The number of unbranched alkanes of at least 4 members (excludes halogenated alkanes) is 1. The molecule has 0 saturated heterocycles. The van der Waals surface area contributed by atoms with Gasteiger partial charge in [-0.3, -0.25) is 4.68 Å². The van der Waals surface area contributed by atoms with Gasteiger partial charge in [0.1, 0.15) is 5.82 Å². The summed E-state index contributed by atoms with van der Waals surface area (Å²) in [5.41, 5.74) is 3.23. The number of rotatable bonds is 7. The molecule has 0 aliphatic carbocycles. The van der Waals surface area contributed by atoms with E-state index in [9.17, 15) is 0 Å². The van der Waals surface area contributed by atoms with Gasteiger partial charge in [-0.05, 0) is 54.4 Å². The van der Waals surface area contributed by atoms with Gasteiger partial charge in [-0.2, -0.15) is 10.1 Å². The van der Waals surface area contributed by atoms with E-state index in [4.69, 9.17) is 0 Å². The van der Waals surface area contributed by atoms with Gasteiger partial charge in [0.25, 0.3) is 0 Å². The van der Waals surface area contributed by atoms with Crippen LogP contribution in [0.1, 0.15) is 53.0 Å². The Morgan fingerprint density at radius 2 is 2.00 bits per heavy atom. The summed E-state index contributed by atoms with van der Waals surface area (Å²) in [5.74, 6) is 1.45. The van der Waals surface area contributed by atoms with Gasteiger partial charge in [-0.15, -0.1) is 0 Å². The third kappa shape index (κ3) is 5.89. The summed E-state index contributed by atoms with van der Waals surface area (Å²) >= 11 is 0. The molecule has 0 aromatic carbocycles. The predicted octanol–water partition coefficient (Wildman–Crippen LogP) is 4.64. The molecule has 0 aliphatic heterocycles. The van der Waals surface area contributed by atoms with E-state index in [1.165, 1.54) is 5.57 Å². The van der Waals surface area contributed by atoms with E-state index in [-0.39, 0.29) is 5.54 Å². The van der Waals surface area contributed by atoms with Crippen LogP contribution in [0.4, 0.5) is 17.5 Å². The molecule has 2 aromatic rings. The lowest BCUT2D eigenvalue weighted by molar-refractivity contribution is 0.355. The third-order valence-corrected chi connectivity index (χ3v) is 3.72. The third-order valence-electron chi connectivity index (χ3n) is 3.72. The molecule has 0 atom stereocenters. The minimum Gasteiger partial charge on any atom is -0.370 e. The van der Waals surface area contributed by atoms with Crippen molar-refractivity contribution in [3.63, 3.8) is 0 Å². The summed E-state index contributed by atoms with van der Waals surface area (Å²) in [6, 6.07) is 0. The summed E-state index contributed by atoms with van der Waals surface area (Å²) in [6.45, 7) is 13.5. The normalized spacial score (nSPS) is 11.3. The number of nitrogens with zero attached hydrogens (tertiary/aromatic N) is 4. The van der Waals surface area contributed by atoms with Crippen molar-refractivity contribution in [3.8, 4) is 0 Å². The average Bonchev–Trinajstić information content (AvgIpc) is 2.98. The van der Waals surface area contributed by atoms with Gasteiger partial charge < -0.3 is 10.6 Å². The van der Waals surface area contributed by atoms with Crippen LogP contribution in [0.5, 0.6) is 0 Å². The maximum atomic E-state index is 4.59. The lowest BCUT2D eigenvalue weighted by Gasteiger charge is -2.18. The minimum absolute atomic E-state index is 0.0495. The van der Waals surface area contributed by atoms with Crippen LogP contribution in [-0.2, 0) is 5.54 Å². The number of allylic oxidation sites excluding steroid dienone is 2. The van der Waals surface area contributed by atoms with Crippen molar-refractivity contribution >= 4 is 17.5 Å². The molecule has 0 radical (unpaired) electrons. The second kappa shape index (κ2) is 8.14. The summed E-state index contributed by atoms with van der Waals surface area (Å²) in [4.78, 5) is 8.95. The fourth-order valence-corrected chi connectivity index (χ4v) is 2.26. The number of aryl methyl sites for hydroxylation is 1. The number of aromatic nitrogens is 4. The van der Waals surface area contributed by atoms with E-state index in [0.29, 0.717) is 5.95 Å². The highest BCUT2D eigenvalue weighted by Crippen LogP contribution is 2.19. The zero-order valence-electron chi connectivity index (χ0n) is 16.2. The lowest BCUT2D eigenvalue weighted by Crippen LogP contribution is -2.21. The molecule has 2 N–H and O–H groups in total. The van der Waals surface area contributed by atoms with E-state index in [2.05, 4.69) is 66.4 Å². The molecule has 0 fully saturated rings. The summed E-state index contributed by atoms with van der Waals surface area (Å²) in [6.07, 6.45) is 10.0. The molecule has 0 unspecified atom stereocenters. The molecular weight excluding hydrogens is 312 g/mol. The predicted molar refractivity (Wildman–Crippen MR) is 104 cm³/mol. The molecule has 25 heavy (non-hydrogen) atoms. The van der Waals surface area contributed by atoms with E-state index in [1.54, 1.807) is 6.20 Å². The Morgan fingerprint density at radius 3 is 2.64 bits per heavy atom. The molecule has 0 aliphatic rings. The van der Waals surface area contributed by atoms with Crippen molar-refractivity contribution in [2.75, 3.05) is 17.2 Å². The van der Waals surface area contributed by atoms with Crippen molar-refractivity contribution in [1.82, 2.24) is 19.7 Å². The van der Waals surface area contributed by atoms with Gasteiger partial charge in [0.2, 0.25) is 5.95 Å². The number of hydrogen-bond acceptors (Lipinski definition) is 5. The highest BCUT2D eigenvalue weighted by atomic mass is 15.3. The number of anilines is 3. The quantitative estimate of drug-likeness (QED) is 0.567. The zero-order chi connectivity index (χ0) is 18.4. The average molecular weight is 342 g/mol. The SMILES string of the molecule is CC(C)=CCCCNc1nc(Nc2cnn(C(C)(C)C)c2)ncc1C. The second-order valence-corrected chi connectivity index (χ2v) is 7.55. The molecular formula is C19H30N6. The highest BCUT2D eigenvalue weighted by Gasteiger charge is 2.14. The molecule has 6 nitrogen and oxygen atoms in total. The molecule has 2 heterocycles. The topological polar surface area (TPSA) is 67.7 Å². The Balaban J connectivity index is 1.98. The van der Waals surface area contributed by atoms with Gasteiger partial charge in [0.05, 0.1) is 17.4 Å².